The van der Waals surface area contributed by atoms with Crippen LogP contribution in [0.25, 0.3) is 6.08 Å². The van der Waals surface area contributed by atoms with Crippen LogP contribution in [0.4, 0.5) is 13.2 Å². The number of esters is 1. The first-order chi connectivity index (χ1) is 8.27. The molecular formula is C10H10ClF3N2O2. The summed E-state index contributed by atoms with van der Waals surface area (Å²) in [6.07, 6.45) is -2.83. The zero-order chi connectivity index (χ0) is 13.9. The fourth-order valence-electron chi connectivity index (χ4n) is 1.15. The van der Waals surface area contributed by atoms with Gasteiger partial charge in [0.1, 0.15) is 5.03 Å². The molecule has 18 heavy (non-hydrogen) atoms. The first-order valence-corrected chi connectivity index (χ1v) is 5.28. The van der Waals surface area contributed by atoms with Crippen molar-refractivity contribution in [2.45, 2.75) is 13.1 Å². The van der Waals surface area contributed by atoms with Gasteiger partial charge in [-0.2, -0.15) is 13.2 Å². The third kappa shape index (κ3) is 3.25. The van der Waals surface area contributed by atoms with Crippen molar-refractivity contribution in [1.29, 1.82) is 0 Å². The number of rotatable bonds is 3. The minimum atomic E-state index is -4.63. The van der Waals surface area contributed by atoms with Gasteiger partial charge in [0.05, 0.1) is 18.5 Å². The number of aromatic nitrogens is 2. The van der Waals surface area contributed by atoms with Gasteiger partial charge in [-0.3, -0.25) is 0 Å². The monoisotopic (exact) mass is 282 g/mol. The van der Waals surface area contributed by atoms with Crippen molar-refractivity contribution in [2.24, 2.45) is 7.05 Å². The number of halogens is 4. The molecule has 0 bridgehead atoms. The molecule has 0 spiro atoms. The molecule has 0 radical (unpaired) electrons. The standard InChI is InChI=1S/C10H10ClF3N2O2/c1-3-18-9(17)8-15-5-6(16(8)2)4-7(11)10(12,13)14/h4-5H,3H2,1-2H3. The Balaban J connectivity index is 3.05. The van der Waals surface area contributed by atoms with Crippen LogP contribution >= 0.6 is 11.6 Å². The van der Waals surface area contributed by atoms with E-state index in [0.29, 0.717) is 6.08 Å². The van der Waals surface area contributed by atoms with E-state index in [9.17, 15) is 18.0 Å². The van der Waals surface area contributed by atoms with Crippen LogP contribution < -0.4 is 0 Å². The van der Waals surface area contributed by atoms with Crippen molar-refractivity contribution in [3.05, 3.63) is 22.7 Å². The van der Waals surface area contributed by atoms with E-state index in [0.717, 1.165) is 6.20 Å². The van der Waals surface area contributed by atoms with Crippen molar-refractivity contribution in [3.63, 3.8) is 0 Å². The molecule has 4 nitrogen and oxygen atoms in total. The molecule has 0 unspecified atom stereocenters. The van der Waals surface area contributed by atoms with E-state index < -0.39 is 17.2 Å². The summed E-state index contributed by atoms with van der Waals surface area (Å²) in [7, 11) is 1.39. The molecule has 1 aromatic heterocycles. The Labute approximate surface area is 106 Å². The van der Waals surface area contributed by atoms with E-state index in [1.54, 1.807) is 6.92 Å². The van der Waals surface area contributed by atoms with E-state index in [1.807, 2.05) is 0 Å². The highest BCUT2D eigenvalue weighted by Crippen LogP contribution is 2.30. The van der Waals surface area contributed by atoms with E-state index in [2.05, 4.69) is 4.98 Å². The first kappa shape index (κ1) is 14.6. The maximum absolute atomic E-state index is 12.2. The van der Waals surface area contributed by atoms with Crippen molar-refractivity contribution < 1.29 is 22.7 Å². The lowest BCUT2D eigenvalue weighted by Gasteiger charge is -2.05. The first-order valence-electron chi connectivity index (χ1n) is 4.90. The second-order valence-corrected chi connectivity index (χ2v) is 3.68. The van der Waals surface area contributed by atoms with Crippen LogP contribution in [0.1, 0.15) is 23.2 Å². The van der Waals surface area contributed by atoms with Crippen LogP contribution in [-0.4, -0.2) is 28.3 Å². The Morgan fingerprint density at radius 1 is 1.61 bits per heavy atom. The van der Waals surface area contributed by atoms with Gasteiger partial charge in [-0.1, -0.05) is 11.6 Å². The lowest BCUT2D eigenvalue weighted by molar-refractivity contribution is -0.0837. The van der Waals surface area contributed by atoms with E-state index in [-0.39, 0.29) is 18.1 Å². The summed E-state index contributed by atoms with van der Waals surface area (Å²) in [5, 5.41) is -1.29. The smallest absolute Gasteiger partial charge is 0.427 e. The topological polar surface area (TPSA) is 44.1 Å². The van der Waals surface area contributed by atoms with Crippen LogP contribution in [0.5, 0.6) is 0 Å². The van der Waals surface area contributed by atoms with Gasteiger partial charge in [-0.15, -0.1) is 0 Å². The highest BCUT2D eigenvalue weighted by atomic mass is 35.5. The lowest BCUT2D eigenvalue weighted by atomic mass is 10.4. The molecule has 0 N–H and O–H groups in total. The highest BCUT2D eigenvalue weighted by molar-refractivity contribution is 6.32. The number of nitrogens with zero attached hydrogens (tertiary/aromatic N) is 2. The third-order valence-electron chi connectivity index (χ3n) is 2.03. The van der Waals surface area contributed by atoms with E-state index in [4.69, 9.17) is 16.3 Å². The van der Waals surface area contributed by atoms with Gasteiger partial charge in [0, 0.05) is 7.05 Å². The molecule has 0 fully saturated rings. The Hall–Kier alpha value is -1.50. The molecule has 0 aliphatic carbocycles. The van der Waals surface area contributed by atoms with Crippen LogP contribution in [0.3, 0.4) is 0 Å². The largest absolute Gasteiger partial charge is 0.460 e. The van der Waals surface area contributed by atoms with Gasteiger partial charge in [-0.05, 0) is 13.0 Å². The van der Waals surface area contributed by atoms with Crippen LogP contribution in [-0.2, 0) is 11.8 Å². The molecule has 1 aromatic rings. The molecule has 0 aliphatic heterocycles. The molecular weight excluding hydrogens is 273 g/mol. The predicted octanol–water partition coefficient (Wildman–Crippen LogP) is 2.74. The normalized spacial score (nSPS) is 12.7. The van der Waals surface area contributed by atoms with Gasteiger partial charge in [-0.25, -0.2) is 9.78 Å². The number of ether oxygens (including phenoxy) is 1. The number of imidazole rings is 1. The molecule has 1 heterocycles. The van der Waals surface area contributed by atoms with Gasteiger partial charge in [0.2, 0.25) is 5.82 Å². The summed E-state index contributed by atoms with van der Waals surface area (Å²) in [5.41, 5.74) is 0.0559. The molecule has 0 atom stereocenters. The second kappa shape index (κ2) is 5.43. The Morgan fingerprint density at radius 2 is 2.22 bits per heavy atom. The number of hydrogen-bond acceptors (Lipinski definition) is 3. The van der Waals surface area contributed by atoms with Gasteiger partial charge in [0.25, 0.3) is 0 Å². The van der Waals surface area contributed by atoms with Crippen molar-refractivity contribution in [1.82, 2.24) is 9.55 Å². The SMILES string of the molecule is CCOC(=O)c1ncc(C=C(Cl)C(F)(F)F)n1C. The zero-order valence-electron chi connectivity index (χ0n) is 9.58. The van der Waals surface area contributed by atoms with Gasteiger partial charge in [0.15, 0.2) is 0 Å². The average Bonchev–Trinajstić information content (AvgIpc) is 2.59. The summed E-state index contributed by atoms with van der Waals surface area (Å²) in [6, 6.07) is 0. The van der Waals surface area contributed by atoms with Crippen molar-refractivity contribution in [3.8, 4) is 0 Å². The summed E-state index contributed by atoms with van der Waals surface area (Å²) in [4.78, 5) is 15.1. The highest BCUT2D eigenvalue weighted by Gasteiger charge is 2.32. The fraction of sp³-hybridized carbons (Fsp3) is 0.400. The maximum atomic E-state index is 12.2. The molecule has 0 aromatic carbocycles. The molecule has 1 rings (SSSR count). The van der Waals surface area contributed by atoms with Crippen LogP contribution in [0.15, 0.2) is 11.2 Å². The molecule has 0 amide bonds. The van der Waals surface area contributed by atoms with E-state index >= 15 is 0 Å². The Kier molecular flexibility index (Phi) is 4.39. The summed E-state index contributed by atoms with van der Waals surface area (Å²) in [5.74, 6) is -0.794. The Morgan fingerprint density at radius 3 is 2.72 bits per heavy atom. The quantitative estimate of drug-likeness (QED) is 0.801. The molecule has 8 heteroatoms. The number of allylic oxidation sites excluding steroid dienone is 1. The zero-order valence-corrected chi connectivity index (χ0v) is 10.3. The van der Waals surface area contributed by atoms with Gasteiger partial charge >= 0.3 is 12.1 Å². The predicted molar refractivity (Wildman–Crippen MR) is 59.0 cm³/mol. The van der Waals surface area contributed by atoms with E-state index in [1.165, 1.54) is 11.6 Å². The maximum Gasteiger partial charge on any atom is 0.427 e. The summed E-state index contributed by atoms with van der Waals surface area (Å²) >= 11 is 5.09. The summed E-state index contributed by atoms with van der Waals surface area (Å²) < 4.78 is 42.6. The molecule has 0 saturated carbocycles. The molecule has 0 saturated heterocycles. The lowest BCUT2D eigenvalue weighted by Crippen LogP contribution is -2.12. The Bertz CT molecular complexity index is 480. The minimum Gasteiger partial charge on any atom is -0.460 e. The van der Waals surface area contributed by atoms with Crippen molar-refractivity contribution in [2.75, 3.05) is 6.61 Å². The summed E-state index contributed by atoms with van der Waals surface area (Å²) in [6.45, 7) is 1.77. The second-order valence-electron chi connectivity index (χ2n) is 3.28. The number of carbonyl (C=O) groups excluding carboxylic acids is 1. The third-order valence-corrected chi connectivity index (χ3v) is 2.35. The molecule has 0 aliphatic rings. The number of carbonyl (C=O) groups is 1. The van der Waals surface area contributed by atoms with Gasteiger partial charge < -0.3 is 9.30 Å². The van der Waals surface area contributed by atoms with Crippen LogP contribution in [0.2, 0.25) is 0 Å². The fourth-order valence-corrected chi connectivity index (χ4v) is 1.27. The number of alkyl halides is 3. The average molecular weight is 283 g/mol. The molecule has 100 valence electrons. The van der Waals surface area contributed by atoms with Crippen LogP contribution in [0, 0.1) is 0 Å². The number of hydrogen-bond donors (Lipinski definition) is 0. The van der Waals surface area contributed by atoms with Crippen molar-refractivity contribution >= 4 is 23.6 Å². The minimum absolute atomic E-state index is 0.0559.